The van der Waals surface area contributed by atoms with Crippen molar-refractivity contribution in [2.45, 2.75) is 61.3 Å². The maximum absolute atomic E-state index is 13.5. The van der Waals surface area contributed by atoms with E-state index in [4.69, 9.17) is 11.5 Å². The lowest BCUT2D eigenvalue weighted by molar-refractivity contribution is -0.134. The number of nitrogens with zero attached hydrogens (tertiary/aromatic N) is 9. The van der Waals surface area contributed by atoms with E-state index in [2.05, 4.69) is 30.8 Å². The highest BCUT2D eigenvalue weighted by atomic mass is 16.3. The fraction of sp³-hybridized carbons (Fsp3) is 0.324. The molecule has 294 valence electrons. The average molecular weight is 768 g/mol. The molecule has 7 N–H and O–H groups in total. The van der Waals surface area contributed by atoms with Crippen LogP contribution in [0, 0.1) is 13.8 Å². The molecule has 4 aromatic heterocycles. The number of carbonyl (C=O) groups excluding carboxylic acids is 5. The van der Waals surface area contributed by atoms with Gasteiger partial charge in [0.05, 0.1) is 33.5 Å². The molecule has 0 aliphatic rings. The first-order valence-corrected chi connectivity index (χ1v) is 17.5. The van der Waals surface area contributed by atoms with Crippen molar-refractivity contribution in [2.24, 2.45) is 11.5 Å². The monoisotopic (exact) mass is 767 g/mol. The molecule has 0 unspecified atom stereocenters. The number of imidazole rings is 2. The molecule has 0 spiro atoms. The summed E-state index contributed by atoms with van der Waals surface area (Å²) in [4.78, 5) is 74.7. The van der Waals surface area contributed by atoms with Gasteiger partial charge >= 0.3 is 0 Å². The maximum Gasteiger partial charge on any atom is 0.276 e. The van der Waals surface area contributed by atoms with Crippen LogP contribution in [0.2, 0.25) is 0 Å². The van der Waals surface area contributed by atoms with Crippen LogP contribution in [-0.4, -0.2) is 97.9 Å². The number of hydrogen-bond donors (Lipinski definition) is 5. The van der Waals surface area contributed by atoms with Gasteiger partial charge in [-0.3, -0.25) is 44.0 Å². The molecule has 5 amide bonds. The molecule has 56 heavy (non-hydrogen) atoms. The SMILES string of the molecule is C.CCn1nc(C)cc1C(=O)Nc1nc2cc(C(N)=O)ccc2n1CCN(CCn1c(NC(=O)c2cc(C)nn2CC)nc2cc(C(N)=O)ccc21)C(=O)CO. The molecule has 0 aliphatic carbocycles. The number of benzene rings is 2. The molecule has 2 aromatic carbocycles. The number of primary amides is 2. The van der Waals surface area contributed by atoms with Gasteiger partial charge in [0.25, 0.3) is 11.8 Å². The Bertz CT molecular complexity index is 2310. The van der Waals surface area contributed by atoms with E-state index >= 15 is 0 Å². The number of aliphatic hydroxyl groups is 1. The number of fused-ring (bicyclic) bond motifs is 2. The van der Waals surface area contributed by atoms with E-state index in [-0.39, 0.29) is 56.6 Å². The van der Waals surface area contributed by atoms with Gasteiger partial charge < -0.3 is 30.6 Å². The van der Waals surface area contributed by atoms with E-state index in [1.165, 1.54) is 17.0 Å². The number of aryl methyl sites for hydroxylation is 4. The van der Waals surface area contributed by atoms with Crippen LogP contribution < -0.4 is 22.1 Å². The molecule has 19 nitrogen and oxygen atoms in total. The summed E-state index contributed by atoms with van der Waals surface area (Å²) in [6.07, 6.45) is 0. The van der Waals surface area contributed by atoms with Crippen molar-refractivity contribution >= 4 is 63.5 Å². The normalized spacial score (nSPS) is 11.1. The van der Waals surface area contributed by atoms with Gasteiger partial charge in [0, 0.05) is 50.4 Å². The van der Waals surface area contributed by atoms with Gasteiger partial charge in [-0.05, 0) is 76.2 Å². The second kappa shape index (κ2) is 16.6. The number of nitrogens with one attached hydrogen (secondary N) is 2. The smallest absolute Gasteiger partial charge is 0.276 e. The highest BCUT2D eigenvalue weighted by Crippen LogP contribution is 2.24. The molecule has 0 saturated carbocycles. The van der Waals surface area contributed by atoms with Gasteiger partial charge in [-0.15, -0.1) is 0 Å². The average Bonchev–Trinajstić information content (AvgIpc) is 3.92. The van der Waals surface area contributed by atoms with Gasteiger partial charge in [-0.2, -0.15) is 10.2 Å². The zero-order valence-electron chi connectivity index (χ0n) is 30.7. The number of anilines is 2. The van der Waals surface area contributed by atoms with Crippen molar-refractivity contribution in [1.29, 1.82) is 0 Å². The zero-order valence-corrected chi connectivity index (χ0v) is 30.7. The van der Waals surface area contributed by atoms with E-state index in [0.29, 0.717) is 57.9 Å². The summed E-state index contributed by atoms with van der Waals surface area (Å²) < 4.78 is 6.51. The number of aliphatic hydroxyl groups excluding tert-OH is 1. The lowest BCUT2D eigenvalue weighted by Crippen LogP contribution is -2.38. The highest BCUT2D eigenvalue weighted by Gasteiger charge is 2.23. The molecule has 0 atom stereocenters. The van der Waals surface area contributed by atoms with Crippen LogP contribution in [0.25, 0.3) is 22.1 Å². The number of hydrogen-bond acceptors (Lipinski definition) is 10. The molecule has 19 heteroatoms. The molecule has 6 rings (SSSR count). The Hall–Kier alpha value is -6.89. The first-order chi connectivity index (χ1) is 26.3. The summed E-state index contributed by atoms with van der Waals surface area (Å²) in [5, 5.41) is 24.4. The van der Waals surface area contributed by atoms with E-state index in [1.54, 1.807) is 68.7 Å². The van der Waals surface area contributed by atoms with Crippen molar-refractivity contribution in [2.75, 3.05) is 30.3 Å². The number of amides is 5. The van der Waals surface area contributed by atoms with Crippen molar-refractivity contribution in [3.63, 3.8) is 0 Å². The van der Waals surface area contributed by atoms with Crippen molar-refractivity contribution < 1.29 is 29.1 Å². The Morgan fingerprint density at radius 2 is 1.11 bits per heavy atom. The molecule has 6 aromatic rings. The topological polar surface area (TPSA) is 256 Å². The van der Waals surface area contributed by atoms with Crippen LogP contribution in [-0.2, 0) is 31.0 Å². The van der Waals surface area contributed by atoms with Crippen LogP contribution in [0.1, 0.15) is 74.4 Å². The van der Waals surface area contributed by atoms with Gasteiger partial charge in [-0.25, -0.2) is 9.97 Å². The van der Waals surface area contributed by atoms with Crippen molar-refractivity contribution in [3.8, 4) is 0 Å². The van der Waals surface area contributed by atoms with Crippen molar-refractivity contribution in [1.82, 2.24) is 43.6 Å². The minimum Gasteiger partial charge on any atom is -0.387 e. The first-order valence-electron chi connectivity index (χ1n) is 17.5. The van der Waals surface area contributed by atoms with Gasteiger partial charge in [0.1, 0.15) is 18.0 Å². The predicted octanol–water partition coefficient (Wildman–Crippen LogP) is 2.30. The fourth-order valence-corrected chi connectivity index (χ4v) is 6.38. The van der Waals surface area contributed by atoms with Crippen LogP contribution in [0.3, 0.4) is 0 Å². The Morgan fingerprint density at radius 1 is 0.696 bits per heavy atom. The number of aromatic nitrogens is 8. The third-order valence-corrected chi connectivity index (χ3v) is 9.06. The van der Waals surface area contributed by atoms with Crippen LogP contribution in [0.5, 0.6) is 0 Å². The van der Waals surface area contributed by atoms with Crippen LogP contribution in [0.15, 0.2) is 48.5 Å². The summed E-state index contributed by atoms with van der Waals surface area (Å²) in [7, 11) is 0. The molecular formula is C37H45N13O6. The predicted molar refractivity (Wildman–Crippen MR) is 208 cm³/mol. The summed E-state index contributed by atoms with van der Waals surface area (Å²) in [5.74, 6) is -2.51. The second-order valence-electron chi connectivity index (χ2n) is 12.7. The molecule has 0 bridgehead atoms. The zero-order chi connectivity index (χ0) is 39.6. The van der Waals surface area contributed by atoms with Gasteiger partial charge in [0.15, 0.2) is 0 Å². The largest absolute Gasteiger partial charge is 0.387 e. The second-order valence-corrected chi connectivity index (χ2v) is 12.7. The highest BCUT2D eigenvalue weighted by molar-refractivity contribution is 6.04. The standard InChI is InChI=1S/C36H41N13O6.CH4/c1-5-48-28(15-20(3)43-48)33(54)41-35-39-24-17-22(31(37)52)7-9-26(24)46(35)13-11-45(30(51)19-50)12-14-47-27-10-8-23(32(38)53)18-25(27)40-36(47)42-34(55)29-16-21(4)44-49(29)6-2;/h7-10,15-18,50H,5-6,11-14,19H2,1-4H3,(H2,37,52)(H2,38,53)(H,39,41,54)(H,40,42,55);1H4. The van der Waals surface area contributed by atoms with E-state index in [9.17, 15) is 29.1 Å². The van der Waals surface area contributed by atoms with Crippen LogP contribution in [0.4, 0.5) is 11.9 Å². The van der Waals surface area contributed by atoms with Gasteiger partial charge in [0.2, 0.25) is 29.6 Å². The Kier molecular flexibility index (Phi) is 12.0. The van der Waals surface area contributed by atoms with Gasteiger partial charge in [-0.1, -0.05) is 7.43 Å². The van der Waals surface area contributed by atoms with Crippen molar-refractivity contribution in [3.05, 3.63) is 82.4 Å². The molecule has 0 aliphatic heterocycles. The van der Waals surface area contributed by atoms with Crippen LogP contribution >= 0.6 is 0 Å². The first kappa shape index (κ1) is 40.3. The summed E-state index contributed by atoms with van der Waals surface area (Å²) in [5.41, 5.74) is 15.3. The number of carbonyl (C=O) groups is 5. The van der Waals surface area contributed by atoms with E-state index in [1.807, 2.05) is 13.8 Å². The molecule has 0 radical (unpaired) electrons. The Labute approximate surface area is 321 Å². The molecule has 0 fully saturated rings. The van der Waals surface area contributed by atoms with E-state index in [0.717, 1.165) is 0 Å². The lowest BCUT2D eigenvalue weighted by atomic mass is 10.2. The molecular weight excluding hydrogens is 722 g/mol. The van der Waals surface area contributed by atoms with E-state index < -0.39 is 36.1 Å². The minimum absolute atomic E-state index is 0. The summed E-state index contributed by atoms with van der Waals surface area (Å²) in [6, 6.07) is 12.7. The minimum atomic E-state index is -0.785. The number of rotatable bonds is 15. The fourth-order valence-electron chi connectivity index (χ4n) is 6.38. The molecule has 4 heterocycles. The lowest BCUT2D eigenvalue weighted by Gasteiger charge is -2.24. The molecule has 0 saturated heterocycles. The maximum atomic E-state index is 13.5. The third-order valence-electron chi connectivity index (χ3n) is 9.06. The third kappa shape index (κ3) is 8.11. The summed E-state index contributed by atoms with van der Waals surface area (Å²) >= 11 is 0. The number of nitrogens with two attached hydrogens (primary N) is 2. The Balaban J connectivity index is 0.00000600. The quantitative estimate of drug-likeness (QED) is 0.102. The Morgan fingerprint density at radius 3 is 1.46 bits per heavy atom. The summed E-state index contributed by atoms with van der Waals surface area (Å²) in [6.45, 7) is 7.73.